The molecule has 0 unspecified atom stereocenters. The first-order valence-corrected chi connectivity index (χ1v) is 12.3. The summed E-state index contributed by atoms with van der Waals surface area (Å²) in [6.45, 7) is 6.29. The standard InChI is InChI=1S/C24H29NO6S/c1-5-29-23(26)24(2,3)30-20-10-8-18(9-11-20)7-6-15-25-16-14-19-17-21(12-13-22(19)25)31-32(4,27)28/h8-14,16-17H,5-7,15H2,1-4H3. The molecule has 0 N–H and O–H groups in total. The lowest BCUT2D eigenvalue weighted by atomic mass is 10.1. The molecule has 1 aromatic heterocycles. The van der Waals surface area contributed by atoms with E-state index in [1.807, 2.05) is 42.6 Å². The minimum absolute atomic E-state index is 0.311. The van der Waals surface area contributed by atoms with E-state index in [-0.39, 0.29) is 0 Å². The Morgan fingerprint density at radius 3 is 2.38 bits per heavy atom. The van der Waals surface area contributed by atoms with Crippen LogP contribution in [0.4, 0.5) is 0 Å². The molecule has 0 atom stereocenters. The maximum absolute atomic E-state index is 12.0. The highest BCUT2D eigenvalue weighted by Crippen LogP contribution is 2.24. The summed E-state index contributed by atoms with van der Waals surface area (Å²) in [6.07, 6.45) is 4.84. The number of aryl methyl sites for hydroxylation is 2. The van der Waals surface area contributed by atoms with Gasteiger partial charge < -0.3 is 18.2 Å². The van der Waals surface area contributed by atoms with Gasteiger partial charge in [-0.2, -0.15) is 8.42 Å². The summed E-state index contributed by atoms with van der Waals surface area (Å²) in [7, 11) is -3.54. The second-order valence-corrected chi connectivity index (χ2v) is 9.67. The fraction of sp³-hybridized carbons (Fsp3) is 0.375. The molecule has 0 spiro atoms. The van der Waals surface area contributed by atoms with Crippen molar-refractivity contribution in [2.75, 3.05) is 12.9 Å². The number of nitrogens with zero attached hydrogens (tertiary/aromatic N) is 1. The maximum Gasteiger partial charge on any atom is 0.349 e. The van der Waals surface area contributed by atoms with Crippen LogP contribution in [0.25, 0.3) is 10.9 Å². The van der Waals surface area contributed by atoms with Crippen LogP contribution in [-0.2, 0) is 32.6 Å². The summed E-state index contributed by atoms with van der Waals surface area (Å²) in [6, 6.07) is 14.9. The molecule has 7 nitrogen and oxygen atoms in total. The van der Waals surface area contributed by atoms with Crippen LogP contribution < -0.4 is 8.92 Å². The molecular weight excluding hydrogens is 430 g/mol. The molecule has 2 aromatic carbocycles. The van der Waals surface area contributed by atoms with Crippen molar-refractivity contribution >= 4 is 27.0 Å². The van der Waals surface area contributed by atoms with Crippen molar-refractivity contribution in [1.29, 1.82) is 0 Å². The SMILES string of the molecule is CCOC(=O)C(C)(C)Oc1ccc(CCCn2ccc3cc(OS(C)(=O)=O)ccc32)cc1. The van der Waals surface area contributed by atoms with Crippen LogP contribution in [0.2, 0.25) is 0 Å². The van der Waals surface area contributed by atoms with Gasteiger partial charge in [-0.1, -0.05) is 12.1 Å². The van der Waals surface area contributed by atoms with Gasteiger partial charge in [0.2, 0.25) is 0 Å². The number of carbonyl (C=O) groups is 1. The zero-order valence-electron chi connectivity index (χ0n) is 18.8. The minimum atomic E-state index is -3.54. The van der Waals surface area contributed by atoms with E-state index in [2.05, 4.69) is 4.57 Å². The lowest BCUT2D eigenvalue weighted by Crippen LogP contribution is -2.39. The highest BCUT2D eigenvalue weighted by atomic mass is 32.2. The molecule has 0 fully saturated rings. The second kappa shape index (κ2) is 9.65. The van der Waals surface area contributed by atoms with Gasteiger partial charge in [-0.3, -0.25) is 0 Å². The van der Waals surface area contributed by atoms with E-state index in [0.717, 1.165) is 36.5 Å². The number of benzene rings is 2. The lowest BCUT2D eigenvalue weighted by molar-refractivity contribution is -0.158. The number of rotatable bonds is 10. The van der Waals surface area contributed by atoms with Gasteiger partial charge in [-0.25, -0.2) is 4.79 Å². The van der Waals surface area contributed by atoms with E-state index in [1.54, 1.807) is 32.9 Å². The molecule has 3 aromatic rings. The van der Waals surface area contributed by atoms with Crippen molar-refractivity contribution in [3.8, 4) is 11.5 Å². The largest absolute Gasteiger partial charge is 0.476 e. The van der Waals surface area contributed by atoms with E-state index >= 15 is 0 Å². The summed E-state index contributed by atoms with van der Waals surface area (Å²) < 4.78 is 40.5. The average Bonchev–Trinajstić information content (AvgIpc) is 3.10. The van der Waals surface area contributed by atoms with Gasteiger partial charge in [0.25, 0.3) is 0 Å². The quantitative estimate of drug-likeness (QED) is 0.331. The van der Waals surface area contributed by atoms with E-state index in [4.69, 9.17) is 13.7 Å². The van der Waals surface area contributed by atoms with Gasteiger partial charge in [0, 0.05) is 23.6 Å². The molecule has 32 heavy (non-hydrogen) atoms. The average molecular weight is 460 g/mol. The zero-order valence-corrected chi connectivity index (χ0v) is 19.6. The Kier molecular flexibility index (Phi) is 7.13. The number of fused-ring (bicyclic) bond motifs is 1. The second-order valence-electron chi connectivity index (χ2n) is 8.10. The van der Waals surface area contributed by atoms with Crippen molar-refractivity contribution in [2.24, 2.45) is 0 Å². The molecule has 172 valence electrons. The summed E-state index contributed by atoms with van der Waals surface area (Å²) in [5, 5.41) is 0.928. The molecule has 0 saturated carbocycles. The Morgan fingerprint density at radius 2 is 1.72 bits per heavy atom. The summed E-state index contributed by atoms with van der Waals surface area (Å²) >= 11 is 0. The van der Waals surface area contributed by atoms with Crippen molar-refractivity contribution in [3.63, 3.8) is 0 Å². The Labute approximate surface area is 189 Å². The fourth-order valence-electron chi connectivity index (χ4n) is 3.42. The smallest absolute Gasteiger partial charge is 0.349 e. The lowest BCUT2D eigenvalue weighted by Gasteiger charge is -2.24. The van der Waals surface area contributed by atoms with Crippen LogP contribution in [0.5, 0.6) is 11.5 Å². The monoisotopic (exact) mass is 459 g/mol. The van der Waals surface area contributed by atoms with Crippen LogP contribution in [0.3, 0.4) is 0 Å². The van der Waals surface area contributed by atoms with Crippen LogP contribution in [-0.4, -0.2) is 37.4 Å². The van der Waals surface area contributed by atoms with Crippen molar-refractivity contribution < 1.29 is 26.9 Å². The van der Waals surface area contributed by atoms with Crippen LogP contribution in [0.1, 0.15) is 32.8 Å². The predicted molar refractivity (Wildman–Crippen MR) is 124 cm³/mol. The van der Waals surface area contributed by atoms with Gasteiger partial charge >= 0.3 is 16.1 Å². The molecule has 1 heterocycles. The first kappa shape index (κ1) is 23.7. The topological polar surface area (TPSA) is 83.8 Å². The third-order valence-corrected chi connectivity index (χ3v) is 5.41. The Morgan fingerprint density at radius 1 is 1.03 bits per heavy atom. The summed E-state index contributed by atoms with van der Waals surface area (Å²) in [5.41, 5.74) is 1.15. The normalized spacial score (nSPS) is 12.0. The van der Waals surface area contributed by atoms with Crippen LogP contribution >= 0.6 is 0 Å². The van der Waals surface area contributed by atoms with Crippen molar-refractivity contribution in [2.45, 2.75) is 45.8 Å². The third-order valence-electron chi connectivity index (χ3n) is 4.92. The number of esters is 1. The van der Waals surface area contributed by atoms with Gasteiger partial charge in [-0.15, -0.1) is 0 Å². The Bertz CT molecular complexity index is 1180. The number of aromatic nitrogens is 1. The van der Waals surface area contributed by atoms with Gasteiger partial charge in [0.1, 0.15) is 11.5 Å². The maximum atomic E-state index is 12.0. The van der Waals surface area contributed by atoms with Gasteiger partial charge in [0.15, 0.2) is 5.60 Å². The molecular formula is C24H29NO6S. The molecule has 0 bridgehead atoms. The third kappa shape index (κ3) is 6.26. The number of hydrogen-bond donors (Lipinski definition) is 0. The van der Waals surface area contributed by atoms with E-state index < -0.39 is 21.7 Å². The van der Waals surface area contributed by atoms with Crippen molar-refractivity contribution in [3.05, 3.63) is 60.3 Å². The molecule has 0 saturated heterocycles. The first-order chi connectivity index (χ1) is 15.1. The highest BCUT2D eigenvalue weighted by molar-refractivity contribution is 7.86. The Balaban J connectivity index is 1.56. The molecule has 0 aliphatic heterocycles. The van der Waals surface area contributed by atoms with Crippen LogP contribution in [0.15, 0.2) is 54.7 Å². The van der Waals surface area contributed by atoms with E-state index in [1.165, 1.54) is 5.56 Å². The molecule has 0 radical (unpaired) electrons. The van der Waals surface area contributed by atoms with Gasteiger partial charge in [0.05, 0.1) is 12.9 Å². The van der Waals surface area contributed by atoms with E-state index in [0.29, 0.717) is 18.1 Å². The molecule has 8 heteroatoms. The van der Waals surface area contributed by atoms with Crippen LogP contribution in [0, 0.1) is 0 Å². The van der Waals surface area contributed by atoms with Crippen molar-refractivity contribution in [1.82, 2.24) is 4.57 Å². The molecule has 3 rings (SSSR count). The highest BCUT2D eigenvalue weighted by Gasteiger charge is 2.31. The number of hydrogen-bond acceptors (Lipinski definition) is 6. The summed E-state index contributed by atoms with van der Waals surface area (Å²) in [5.74, 6) is 0.541. The zero-order chi connectivity index (χ0) is 23.4. The fourth-order valence-corrected chi connectivity index (χ4v) is 3.87. The molecule has 0 amide bonds. The molecule has 0 aliphatic rings. The number of ether oxygens (including phenoxy) is 2. The summed E-state index contributed by atoms with van der Waals surface area (Å²) in [4.78, 5) is 12.0. The first-order valence-electron chi connectivity index (χ1n) is 10.5. The minimum Gasteiger partial charge on any atom is -0.476 e. The Hall–Kier alpha value is -3.00. The van der Waals surface area contributed by atoms with E-state index in [9.17, 15) is 13.2 Å². The van der Waals surface area contributed by atoms with Gasteiger partial charge in [-0.05, 0) is 75.6 Å². The molecule has 0 aliphatic carbocycles. The predicted octanol–water partition coefficient (Wildman–Crippen LogP) is 4.33. The number of carbonyl (C=O) groups excluding carboxylic acids is 1.